The van der Waals surface area contributed by atoms with Crippen LogP contribution >= 0.6 is 0 Å². The van der Waals surface area contributed by atoms with Crippen molar-refractivity contribution in [2.45, 2.75) is 6.54 Å². The average Bonchev–Trinajstić information content (AvgIpc) is 2.89. The van der Waals surface area contributed by atoms with Gasteiger partial charge in [0.25, 0.3) is 0 Å². The number of hydrogen-bond acceptors (Lipinski definition) is 2. The molecule has 3 rings (SSSR count). The number of anilines is 1. The number of benzene rings is 1. The largest absolute Gasteiger partial charge is 0.346 e. The van der Waals surface area contributed by atoms with Crippen LogP contribution in [0.2, 0.25) is 0 Å². The summed E-state index contributed by atoms with van der Waals surface area (Å²) in [5.41, 5.74) is 2.61. The molecule has 0 spiro atoms. The first-order valence-electron chi connectivity index (χ1n) is 6.34. The maximum absolute atomic E-state index is 11.8. The van der Waals surface area contributed by atoms with Crippen LogP contribution in [0.25, 0.3) is 11.0 Å². The predicted molar refractivity (Wildman–Crippen MR) is 78.4 cm³/mol. The molecule has 0 bridgehead atoms. The van der Waals surface area contributed by atoms with Crippen molar-refractivity contribution in [1.82, 2.24) is 15.3 Å². The summed E-state index contributed by atoms with van der Waals surface area (Å²) < 4.78 is 0. The molecule has 2 aromatic heterocycles. The van der Waals surface area contributed by atoms with Gasteiger partial charge in [-0.05, 0) is 29.8 Å². The monoisotopic (exact) mass is 266 g/mol. The standard InChI is InChI=1S/C15H14N4O/c20-15(19-12-5-2-1-3-6-12)18-10-11-9-17-14-13(11)7-4-8-16-14/h1-9H,10H2,(H,16,17)(H2,18,19,20). The van der Waals surface area contributed by atoms with E-state index in [0.717, 1.165) is 22.3 Å². The van der Waals surface area contributed by atoms with Crippen LogP contribution < -0.4 is 10.6 Å². The first-order chi connectivity index (χ1) is 9.83. The van der Waals surface area contributed by atoms with E-state index < -0.39 is 0 Å². The van der Waals surface area contributed by atoms with Crippen LogP contribution in [0.3, 0.4) is 0 Å². The van der Waals surface area contributed by atoms with Crippen molar-refractivity contribution >= 4 is 22.8 Å². The molecule has 3 aromatic rings. The van der Waals surface area contributed by atoms with Crippen LogP contribution in [0.15, 0.2) is 54.9 Å². The van der Waals surface area contributed by atoms with Crippen molar-refractivity contribution in [3.05, 3.63) is 60.4 Å². The number of H-pyrrole nitrogens is 1. The Morgan fingerprint density at radius 2 is 2.00 bits per heavy atom. The molecular formula is C15H14N4O. The minimum atomic E-state index is -0.227. The number of nitrogens with one attached hydrogen (secondary N) is 3. The van der Waals surface area contributed by atoms with Crippen molar-refractivity contribution in [1.29, 1.82) is 0 Å². The maximum atomic E-state index is 11.8. The number of fused-ring (bicyclic) bond motifs is 1. The molecule has 0 aliphatic heterocycles. The van der Waals surface area contributed by atoms with E-state index in [1.807, 2.05) is 48.7 Å². The van der Waals surface area contributed by atoms with E-state index >= 15 is 0 Å². The second-order valence-corrected chi connectivity index (χ2v) is 4.39. The molecule has 5 heteroatoms. The van der Waals surface area contributed by atoms with Crippen LogP contribution in [0.1, 0.15) is 5.56 Å². The minimum absolute atomic E-state index is 0.227. The van der Waals surface area contributed by atoms with Crippen LogP contribution in [0.5, 0.6) is 0 Å². The normalized spacial score (nSPS) is 10.4. The number of carbonyl (C=O) groups is 1. The average molecular weight is 266 g/mol. The maximum Gasteiger partial charge on any atom is 0.319 e. The molecule has 0 aliphatic carbocycles. The highest BCUT2D eigenvalue weighted by atomic mass is 16.2. The van der Waals surface area contributed by atoms with E-state index in [0.29, 0.717) is 6.54 Å². The zero-order valence-electron chi connectivity index (χ0n) is 10.8. The first-order valence-corrected chi connectivity index (χ1v) is 6.34. The van der Waals surface area contributed by atoms with Crippen LogP contribution in [-0.4, -0.2) is 16.0 Å². The fourth-order valence-corrected chi connectivity index (χ4v) is 2.03. The Morgan fingerprint density at radius 3 is 2.85 bits per heavy atom. The second kappa shape index (κ2) is 5.44. The Kier molecular flexibility index (Phi) is 3.33. The number of urea groups is 1. The summed E-state index contributed by atoms with van der Waals surface area (Å²) in [5.74, 6) is 0. The molecule has 0 atom stereocenters. The fraction of sp³-hybridized carbons (Fsp3) is 0.0667. The van der Waals surface area contributed by atoms with Crippen LogP contribution in [-0.2, 0) is 6.54 Å². The summed E-state index contributed by atoms with van der Waals surface area (Å²) in [6.07, 6.45) is 3.60. The summed E-state index contributed by atoms with van der Waals surface area (Å²) in [4.78, 5) is 19.1. The SMILES string of the molecule is O=C(NCc1c[nH]c2ncccc12)Nc1ccccc1. The lowest BCUT2D eigenvalue weighted by molar-refractivity contribution is 0.252. The van der Waals surface area contributed by atoms with Crippen molar-refractivity contribution in [3.8, 4) is 0 Å². The van der Waals surface area contributed by atoms with Crippen LogP contribution in [0.4, 0.5) is 10.5 Å². The van der Waals surface area contributed by atoms with Gasteiger partial charge in [-0.25, -0.2) is 9.78 Å². The zero-order valence-corrected chi connectivity index (χ0v) is 10.8. The van der Waals surface area contributed by atoms with E-state index in [1.165, 1.54) is 0 Å². The van der Waals surface area contributed by atoms with E-state index in [-0.39, 0.29) is 6.03 Å². The van der Waals surface area contributed by atoms with Gasteiger partial charge in [-0.15, -0.1) is 0 Å². The van der Waals surface area contributed by atoms with Gasteiger partial charge < -0.3 is 15.6 Å². The Hall–Kier alpha value is -2.82. The quantitative estimate of drug-likeness (QED) is 0.682. The molecule has 100 valence electrons. The summed E-state index contributed by atoms with van der Waals surface area (Å²) in [7, 11) is 0. The van der Waals surface area contributed by atoms with Crippen LogP contribution in [0, 0.1) is 0 Å². The lowest BCUT2D eigenvalue weighted by atomic mass is 10.2. The number of para-hydroxylation sites is 1. The summed E-state index contributed by atoms with van der Waals surface area (Å²) >= 11 is 0. The molecule has 0 saturated heterocycles. The van der Waals surface area contributed by atoms with E-state index in [1.54, 1.807) is 6.20 Å². The first kappa shape index (κ1) is 12.2. The number of amides is 2. The van der Waals surface area contributed by atoms with Gasteiger partial charge in [-0.2, -0.15) is 0 Å². The lowest BCUT2D eigenvalue weighted by Gasteiger charge is -2.06. The van der Waals surface area contributed by atoms with Gasteiger partial charge in [-0.3, -0.25) is 0 Å². The van der Waals surface area contributed by atoms with Gasteiger partial charge in [-0.1, -0.05) is 18.2 Å². The molecule has 3 N–H and O–H groups in total. The third kappa shape index (κ3) is 2.61. The van der Waals surface area contributed by atoms with E-state index in [9.17, 15) is 4.79 Å². The molecule has 2 amide bonds. The smallest absolute Gasteiger partial charge is 0.319 e. The Morgan fingerprint density at radius 1 is 1.15 bits per heavy atom. The molecule has 5 nitrogen and oxygen atoms in total. The highest BCUT2D eigenvalue weighted by Crippen LogP contribution is 2.15. The number of rotatable bonds is 3. The highest BCUT2D eigenvalue weighted by Gasteiger charge is 2.06. The molecule has 0 aliphatic rings. The van der Waals surface area contributed by atoms with Crippen molar-refractivity contribution in [2.75, 3.05) is 5.32 Å². The number of hydrogen-bond donors (Lipinski definition) is 3. The van der Waals surface area contributed by atoms with Crippen molar-refractivity contribution in [2.24, 2.45) is 0 Å². The summed E-state index contributed by atoms with van der Waals surface area (Å²) in [5, 5.41) is 6.63. The molecular weight excluding hydrogens is 252 g/mol. The molecule has 0 fully saturated rings. The van der Waals surface area contributed by atoms with Crippen molar-refractivity contribution in [3.63, 3.8) is 0 Å². The number of carbonyl (C=O) groups excluding carboxylic acids is 1. The second-order valence-electron chi connectivity index (χ2n) is 4.39. The number of aromatic nitrogens is 2. The van der Waals surface area contributed by atoms with Gasteiger partial charge in [0.1, 0.15) is 5.65 Å². The highest BCUT2D eigenvalue weighted by molar-refractivity contribution is 5.89. The van der Waals surface area contributed by atoms with Crippen molar-refractivity contribution < 1.29 is 4.79 Å². The molecule has 0 unspecified atom stereocenters. The molecule has 0 saturated carbocycles. The fourth-order valence-electron chi connectivity index (χ4n) is 2.03. The van der Waals surface area contributed by atoms with E-state index in [4.69, 9.17) is 0 Å². The molecule has 20 heavy (non-hydrogen) atoms. The topological polar surface area (TPSA) is 69.8 Å². The third-order valence-corrected chi connectivity index (χ3v) is 3.01. The number of pyridine rings is 1. The van der Waals surface area contributed by atoms with Gasteiger partial charge in [0.05, 0.1) is 0 Å². The number of nitrogens with zero attached hydrogens (tertiary/aromatic N) is 1. The summed E-state index contributed by atoms with van der Waals surface area (Å²) in [6, 6.07) is 13.0. The Labute approximate surface area is 116 Å². The van der Waals surface area contributed by atoms with Gasteiger partial charge in [0.15, 0.2) is 0 Å². The van der Waals surface area contributed by atoms with Gasteiger partial charge >= 0.3 is 6.03 Å². The molecule has 1 aromatic carbocycles. The van der Waals surface area contributed by atoms with E-state index in [2.05, 4.69) is 20.6 Å². The summed E-state index contributed by atoms with van der Waals surface area (Å²) in [6.45, 7) is 0.449. The van der Waals surface area contributed by atoms with Gasteiger partial charge in [0, 0.05) is 30.0 Å². The zero-order chi connectivity index (χ0) is 13.8. The minimum Gasteiger partial charge on any atom is -0.346 e. The molecule has 0 radical (unpaired) electrons. The number of aromatic amines is 1. The Bertz CT molecular complexity index is 721. The van der Waals surface area contributed by atoms with Gasteiger partial charge in [0.2, 0.25) is 0 Å². The predicted octanol–water partition coefficient (Wildman–Crippen LogP) is 2.88. The third-order valence-electron chi connectivity index (χ3n) is 3.01. The molecule has 2 heterocycles. The lowest BCUT2D eigenvalue weighted by Crippen LogP contribution is -2.28. The Balaban J connectivity index is 1.63.